The number of carbonyl (C=O) groups excluding carboxylic acids is 2. The van der Waals surface area contributed by atoms with Gasteiger partial charge in [-0.05, 0) is 39.3 Å². The lowest BCUT2D eigenvalue weighted by Crippen LogP contribution is -2.31. The van der Waals surface area contributed by atoms with Gasteiger partial charge in [0.25, 0.3) is 17.8 Å². The summed E-state index contributed by atoms with van der Waals surface area (Å²) < 4.78 is 40.3. The molecule has 64 heavy (non-hydrogen) atoms. The molecule has 27 heteroatoms. The quantitative estimate of drug-likeness (QED) is 0.105. The molecule has 0 radical (unpaired) electrons. The summed E-state index contributed by atoms with van der Waals surface area (Å²) in [4.78, 5) is 47.9. The predicted octanol–water partition coefficient (Wildman–Crippen LogP) is 0.241. The minimum atomic E-state index is -0.814. The summed E-state index contributed by atoms with van der Waals surface area (Å²) >= 11 is 5.89. The number of nitrogens with one attached hydrogen (secondary N) is 3. The zero-order chi connectivity index (χ0) is 45.0. The lowest BCUT2D eigenvalue weighted by atomic mass is 10.1. The predicted molar refractivity (Wildman–Crippen MR) is 223 cm³/mol. The van der Waals surface area contributed by atoms with Crippen LogP contribution in [0.3, 0.4) is 0 Å². The van der Waals surface area contributed by atoms with Crippen molar-refractivity contribution >= 4 is 57.4 Å². The van der Waals surface area contributed by atoms with Crippen LogP contribution < -0.4 is 22.1 Å². The number of aromatic amines is 1. The standard InChI is InChI=1S/C18H22N8O5.C13H16ClN5O4.C5H7N3O.CH4/c1-18(2)30-11-9(6-27)29-16(12(11)31-18)25-7-21-10-13(19)23-17(24-14(10)25)26-5-8(4-22-26)15(28)20-3;1-13(2)22-7-5(3-20)21-11(8(7)23-13)19-4-16-6-9(15)17-12(14)18-10(6)19;1-6-5(9)4-2-7-8-3-4;/h4-5,7,9,11-12,16,27H,6H2,1-3H3,(H,20,28)(H2,19,23,24);4-5,7-8,11,20H,3H2,1-2H3,(H2,15,17,18);2-3H,1H3,(H,6,9)(H,7,8);1H4/t9-,11+,12?,16-;5-,7+,8?,11-;;/m11../s1. The third-order valence-electron chi connectivity index (χ3n) is 10.3. The topological polar surface area (TPSA) is 340 Å². The Morgan fingerprint density at radius 2 is 1.27 bits per heavy atom. The highest BCUT2D eigenvalue weighted by molar-refractivity contribution is 6.28. The molecule has 6 aromatic rings. The van der Waals surface area contributed by atoms with E-state index in [-0.39, 0.29) is 61.4 Å². The zero-order valence-corrected chi connectivity index (χ0v) is 35.4. The smallest absolute Gasteiger partial charge is 0.254 e. The van der Waals surface area contributed by atoms with Gasteiger partial charge in [-0.15, -0.1) is 0 Å². The van der Waals surface area contributed by atoms with Gasteiger partial charge in [-0.25, -0.2) is 14.6 Å². The summed E-state index contributed by atoms with van der Waals surface area (Å²) in [5.41, 5.74) is 14.5. The van der Waals surface area contributed by atoms with Crippen molar-refractivity contribution in [2.45, 2.75) is 95.8 Å². The lowest BCUT2D eigenvalue weighted by molar-refractivity contribution is -0.200. The maximum Gasteiger partial charge on any atom is 0.254 e. The van der Waals surface area contributed by atoms with Gasteiger partial charge >= 0.3 is 0 Å². The maximum atomic E-state index is 11.8. The van der Waals surface area contributed by atoms with E-state index < -0.39 is 54.5 Å². The molecule has 10 heterocycles. The molecule has 4 fully saturated rings. The van der Waals surface area contributed by atoms with Crippen molar-refractivity contribution in [2.24, 2.45) is 0 Å². The number of hydrogen-bond acceptors (Lipinski definition) is 20. The highest BCUT2D eigenvalue weighted by Crippen LogP contribution is 2.45. The molecule has 4 aliphatic heterocycles. The third-order valence-corrected chi connectivity index (χ3v) is 10.4. The first-order valence-corrected chi connectivity index (χ1v) is 19.8. The summed E-state index contributed by atoms with van der Waals surface area (Å²) in [7, 11) is 3.11. The monoisotopic (exact) mass is 912 g/mol. The Bertz CT molecular complexity index is 2620. The number of hydrogen-bond donors (Lipinski definition) is 7. The summed E-state index contributed by atoms with van der Waals surface area (Å²) in [6.07, 6.45) is 5.02. The average molecular weight is 913 g/mol. The summed E-state index contributed by atoms with van der Waals surface area (Å²) in [5.74, 6) is -1.48. The van der Waals surface area contributed by atoms with Gasteiger partial charge in [-0.1, -0.05) is 7.43 Å². The molecular weight excluding hydrogens is 864 g/mol. The molecule has 0 bridgehead atoms. The van der Waals surface area contributed by atoms with Crippen LogP contribution in [0.4, 0.5) is 11.6 Å². The van der Waals surface area contributed by atoms with Crippen LogP contribution in [0.25, 0.3) is 28.3 Å². The molecule has 4 saturated heterocycles. The number of nitrogens with two attached hydrogens (primary N) is 2. The second kappa shape index (κ2) is 17.9. The third kappa shape index (κ3) is 8.65. The fourth-order valence-electron chi connectivity index (χ4n) is 7.59. The van der Waals surface area contributed by atoms with Crippen molar-refractivity contribution in [1.82, 2.24) is 69.6 Å². The van der Waals surface area contributed by atoms with Gasteiger partial charge in [0.15, 0.2) is 47.0 Å². The van der Waals surface area contributed by atoms with Crippen LogP contribution in [0.15, 0.2) is 37.4 Å². The molecule has 0 aromatic carbocycles. The second-order valence-corrected chi connectivity index (χ2v) is 15.7. The van der Waals surface area contributed by atoms with Crippen molar-refractivity contribution < 1.29 is 48.2 Å². The van der Waals surface area contributed by atoms with Gasteiger partial charge < -0.3 is 60.7 Å². The molecule has 0 aliphatic carbocycles. The van der Waals surface area contributed by atoms with Crippen LogP contribution in [-0.2, 0) is 28.4 Å². The van der Waals surface area contributed by atoms with Gasteiger partial charge in [0, 0.05) is 26.5 Å². The number of anilines is 2. The molecule has 8 atom stereocenters. The van der Waals surface area contributed by atoms with E-state index >= 15 is 0 Å². The number of nitrogen functional groups attached to an aromatic ring is 2. The number of carbonyl (C=O) groups is 2. The van der Waals surface area contributed by atoms with Gasteiger partial charge in [-0.2, -0.15) is 30.1 Å². The Morgan fingerprint density at radius 1 is 0.766 bits per heavy atom. The number of aromatic nitrogens is 12. The highest BCUT2D eigenvalue weighted by atomic mass is 35.5. The van der Waals surface area contributed by atoms with E-state index in [2.05, 4.69) is 55.8 Å². The number of imidazole rings is 2. The number of nitrogens with zero attached hydrogens (tertiary/aromatic N) is 11. The Labute approximate surface area is 368 Å². The first kappa shape index (κ1) is 46.0. The fraction of sp³-hybridized carbons (Fsp3) is 0.514. The Hall–Kier alpha value is -5.97. The van der Waals surface area contributed by atoms with E-state index in [0.717, 1.165) is 0 Å². The number of halogens is 1. The number of aliphatic hydroxyl groups is 2. The molecule has 2 unspecified atom stereocenters. The molecule has 0 saturated carbocycles. The average Bonchev–Trinajstić information content (AvgIpc) is 4.11. The largest absolute Gasteiger partial charge is 0.394 e. The van der Waals surface area contributed by atoms with Gasteiger partial charge in [0.05, 0.1) is 49.4 Å². The van der Waals surface area contributed by atoms with E-state index in [9.17, 15) is 19.8 Å². The van der Waals surface area contributed by atoms with Crippen LogP contribution in [0.1, 0.15) is 68.3 Å². The lowest BCUT2D eigenvalue weighted by Gasteiger charge is -2.24. The van der Waals surface area contributed by atoms with E-state index in [1.54, 1.807) is 28.7 Å². The Balaban J connectivity index is 0.000000163. The number of aliphatic hydroxyl groups excluding tert-OH is 2. The van der Waals surface area contributed by atoms with E-state index in [0.29, 0.717) is 33.5 Å². The second-order valence-electron chi connectivity index (χ2n) is 15.4. The van der Waals surface area contributed by atoms with Gasteiger partial charge in [0.2, 0.25) is 5.28 Å². The molecule has 2 amide bonds. The Kier molecular flexibility index (Phi) is 12.9. The number of rotatable bonds is 7. The van der Waals surface area contributed by atoms with Crippen LogP contribution in [0, 0.1) is 0 Å². The Morgan fingerprint density at radius 3 is 1.77 bits per heavy atom. The van der Waals surface area contributed by atoms with Crippen LogP contribution in [0.2, 0.25) is 5.28 Å². The number of amides is 2. The summed E-state index contributed by atoms with van der Waals surface area (Å²) in [5, 5.41) is 34.6. The molecular formula is C37H49ClN16O10. The van der Waals surface area contributed by atoms with Crippen LogP contribution in [-0.4, -0.2) is 157 Å². The molecule has 6 aromatic heterocycles. The van der Waals surface area contributed by atoms with E-state index in [1.165, 1.54) is 36.6 Å². The summed E-state index contributed by atoms with van der Waals surface area (Å²) in [6.45, 7) is 6.86. The first-order chi connectivity index (χ1) is 30.0. The SMILES string of the molecule is C.CC1(C)OC2[C@@H](O1)[C@@H](CO)O[C@H]2n1cnc2c(N)nc(Cl)nc21.CNC(=O)c1cn[nH]c1.CNC(=O)c1cnn(-c2nc(N)c3ncn([C@@H]4O[C@H](CO)[C@@H]5OC(C)(C)OC54)c3n2)c1. The van der Waals surface area contributed by atoms with Crippen LogP contribution in [0.5, 0.6) is 0 Å². The fourth-order valence-corrected chi connectivity index (χ4v) is 7.76. The molecule has 9 N–H and O–H groups in total. The minimum absolute atomic E-state index is 0. The van der Waals surface area contributed by atoms with Crippen molar-refractivity contribution in [3.05, 3.63) is 53.9 Å². The van der Waals surface area contributed by atoms with E-state index in [1.807, 2.05) is 27.7 Å². The first-order valence-electron chi connectivity index (χ1n) is 19.4. The maximum absolute atomic E-state index is 11.8. The molecule has 4 aliphatic rings. The van der Waals surface area contributed by atoms with E-state index in [4.69, 9.17) is 51.5 Å². The number of H-pyrrole nitrogens is 1. The van der Waals surface area contributed by atoms with Crippen molar-refractivity contribution in [3.63, 3.8) is 0 Å². The molecule has 10 rings (SSSR count). The summed E-state index contributed by atoms with van der Waals surface area (Å²) in [6, 6.07) is 0. The van der Waals surface area contributed by atoms with Gasteiger partial charge in [0.1, 0.15) is 47.7 Å². The normalized spacial score (nSPS) is 26.0. The highest BCUT2D eigenvalue weighted by Gasteiger charge is 2.57. The number of ether oxygens (including phenoxy) is 6. The minimum Gasteiger partial charge on any atom is -0.394 e. The molecule has 26 nitrogen and oxygen atoms in total. The van der Waals surface area contributed by atoms with Gasteiger partial charge in [-0.3, -0.25) is 23.8 Å². The molecule has 344 valence electrons. The van der Waals surface area contributed by atoms with Crippen molar-refractivity contribution in [2.75, 3.05) is 38.8 Å². The zero-order valence-electron chi connectivity index (χ0n) is 34.6. The van der Waals surface area contributed by atoms with Crippen LogP contribution >= 0.6 is 11.6 Å². The van der Waals surface area contributed by atoms with Crippen molar-refractivity contribution in [1.29, 1.82) is 0 Å². The molecule has 0 spiro atoms. The number of fused-ring (bicyclic) bond motifs is 4. The van der Waals surface area contributed by atoms with Crippen molar-refractivity contribution in [3.8, 4) is 5.95 Å².